The first-order valence-corrected chi connectivity index (χ1v) is 10.0. The van der Waals surface area contributed by atoms with E-state index in [0.29, 0.717) is 31.4 Å². The van der Waals surface area contributed by atoms with Gasteiger partial charge in [-0.25, -0.2) is 12.7 Å². The number of rotatable bonds is 9. The average Bonchev–Trinajstić information content (AvgIpc) is 2.58. The number of nitrogens with zero attached hydrogens (tertiary/aromatic N) is 2. The summed E-state index contributed by atoms with van der Waals surface area (Å²) in [7, 11) is -1.54. The predicted molar refractivity (Wildman–Crippen MR) is 102 cm³/mol. The fourth-order valence-electron chi connectivity index (χ4n) is 2.17. The maximum atomic E-state index is 11.6. The lowest BCUT2D eigenvalue weighted by molar-refractivity contribution is 0.465. The summed E-state index contributed by atoms with van der Waals surface area (Å²) >= 11 is 0. The highest BCUT2D eigenvalue weighted by molar-refractivity contribution is 7.89. The van der Waals surface area contributed by atoms with Crippen molar-refractivity contribution in [1.29, 1.82) is 0 Å². The summed E-state index contributed by atoms with van der Waals surface area (Å²) in [5.41, 5.74) is 8.07. The number of hydrogen-bond acceptors (Lipinski definition) is 3. The Hall–Kier alpha value is -1.60. The fourth-order valence-corrected chi connectivity index (χ4v) is 3.02. The summed E-state index contributed by atoms with van der Waals surface area (Å²) in [5.74, 6) is 0.997. The van der Waals surface area contributed by atoms with Crippen LogP contribution in [-0.2, 0) is 10.0 Å². The summed E-state index contributed by atoms with van der Waals surface area (Å²) in [6.07, 6.45) is 1.74. The number of hydrogen-bond donors (Lipinski definition) is 2. The van der Waals surface area contributed by atoms with Crippen molar-refractivity contribution >= 4 is 21.7 Å². The molecule has 0 saturated heterocycles. The van der Waals surface area contributed by atoms with Gasteiger partial charge in [0, 0.05) is 25.8 Å². The Kier molecular flexibility index (Phi) is 8.21. The van der Waals surface area contributed by atoms with E-state index in [4.69, 9.17) is 5.73 Å². The average molecular weight is 355 g/mol. The van der Waals surface area contributed by atoms with Crippen LogP contribution in [0.15, 0.2) is 29.3 Å². The molecule has 0 aliphatic carbocycles. The Morgan fingerprint density at radius 2 is 1.92 bits per heavy atom. The molecule has 1 aromatic rings. The van der Waals surface area contributed by atoms with Gasteiger partial charge in [0.2, 0.25) is 10.0 Å². The molecule has 3 N–H and O–H groups in total. The second-order valence-corrected chi connectivity index (χ2v) is 8.26. The zero-order valence-corrected chi connectivity index (χ0v) is 15.9. The summed E-state index contributed by atoms with van der Waals surface area (Å²) < 4.78 is 24.6. The Morgan fingerprint density at radius 1 is 1.29 bits per heavy atom. The van der Waals surface area contributed by atoms with Gasteiger partial charge < -0.3 is 11.1 Å². The van der Waals surface area contributed by atoms with E-state index in [1.807, 2.05) is 12.1 Å². The van der Waals surface area contributed by atoms with E-state index >= 15 is 0 Å². The standard InChI is InChI=1S/C17H30N4O2S/c1-5-14(3)15-8-10-16(11-9-15)20-17(18)19-12-7-13-21(4)24(22,23)6-2/h8-11,14H,5-7,12-13H2,1-4H3,(H3,18,19,20). The molecular formula is C17H30N4O2S. The van der Waals surface area contributed by atoms with E-state index in [2.05, 4.69) is 36.3 Å². The van der Waals surface area contributed by atoms with Crippen molar-refractivity contribution in [2.75, 3.05) is 31.2 Å². The first-order chi connectivity index (χ1) is 11.3. The molecule has 0 aliphatic heterocycles. The second-order valence-electron chi connectivity index (χ2n) is 5.90. The highest BCUT2D eigenvalue weighted by Crippen LogP contribution is 2.20. The topological polar surface area (TPSA) is 87.8 Å². The van der Waals surface area contributed by atoms with Crippen LogP contribution < -0.4 is 11.1 Å². The van der Waals surface area contributed by atoms with Crippen LogP contribution in [0.4, 0.5) is 5.69 Å². The van der Waals surface area contributed by atoms with Crippen molar-refractivity contribution in [2.45, 2.75) is 39.5 Å². The van der Waals surface area contributed by atoms with Crippen molar-refractivity contribution in [3.05, 3.63) is 29.8 Å². The van der Waals surface area contributed by atoms with Gasteiger partial charge in [0.15, 0.2) is 5.96 Å². The molecular weight excluding hydrogens is 324 g/mol. The number of nitrogens with one attached hydrogen (secondary N) is 1. The molecule has 1 rings (SSSR count). The highest BCUT2D eigenvalue weighted by atomic mass is 32.2. The normalized spacial score (nSPS) is 14.0. The molecule has 1 aromatic carbocycles. The van der Waals surface area contributed by atoms with Crippen LogP contribution >= 0.6 is 0 Å². The molecule has 1 atom stereocenters. The van der Waals surface area contributed by atoms with Gasteiger partial charge in [0.25, 0.3) is 0 Å². The summed E-state index contributed by atoms with van der Waals surface area (Å²) in [4.78, 5) is 4.23. The molecule has 0 bridgehead atoms. The monoisotopic (exact) mass is 354 g/mol. The van der Waals surface area contributed by atoms with Crippen LogP contribution in [0, 0.1) is 0 Å². The molecule has 6 nitrogen and oxygen atoms in total. The van der Waals surface area contributed by atoms with E-state index in [9.17, 15) is 8.42 Å². The molecule has 0 fully saturated rings. The smallest absolute Gasteiger partial charge is 0.213 e. The van der Waals surface area contributed by atoms with Gasteiger partial charge >= 0.3 is 0 Å². The Bertz CT molecular complexity index is 626. The van der Waals surface area contributed by atoms with Crippen molar-refractivity contribution < 1.29 is 8.42 Å². The fraction of sp³-hybridized carbons (Fsp3) is 0.588. The molecule has 1 unspecified atom stereocenters. The van der Waals surface area contributed by atoms with Gasteiger partial charge in [-0.05, 0) is 43.4 Å². The molecule has 136 valence electrons. The SMILES string of the molecule is CCC(C)c1ccc(NC(N)=NCCCN(C)S(=O)(=O)CC)cc1. The van der Waals surface area contributed by atoms with Crippen LogP contribution in [-0.4, -0.2) is 44.6 Å². The minimum absolute atomic E-state index is 0.114. The molecule has 0 aliphatic rings. The van der Waals surface area contributed by atoms with E-state index in [1.54, 1.807) is 14.0 Å². The number of anilines is 1. The van der Waals surface area contributed by atoms with Crippen LogP contribution in [0.2, 0.25) is 0 Å². The van der Waals surface area contributed by atoms with Crippen molar-refractivity contribution in [3.63, 3.8) is 0 Å². The van der Waals surface area contributed by atoms with Gasteiger partial charge in [-0.3, -0.25) is 4.99 Å². The number of aliphatic imine (C=N–C) groups is 1. The van der Waals surface area contributed by atoms with E-state index in [0.717, 1.165) is 12.1 Å². The Balaban J connectivity index is 2.45. The van der Waals surface area contributed by atoms with Crippen LogP contribution in [0.25, 0.3) is 0 Å². The number of benzene rings is 1. The molecule has 0 aromatic heterocycles. The van der Waals surface area contributed by atoms with E-state index in [-0.39, 0.29) is 5.75 Å². The molecule has 7 heteroatoms. The van der Waals surface area contributed by atoms with Crippen LogP contribution in [0.5, 0.6) is 0 Å². The lowest BCUT2D eigenvalue weighted by atomic mass is 9.99. The quantitative estimate of drug-likeness (QED) is 0.405. The van der Waals surface area contributed by atoms with Crippen molar-refractivity contribution in [3.8, 4) is 0 Å². The summed E-state index contributed by atoms with van der Waals surface area (Å²) in [6.45, 7) is 6.93. The third kappa shape index (κ3) is 6.49. The second kappa shape index (κ2) is 9.64. The highest BCUT2D eigenvalue weighted by Gasteiger charge is 2.13. The molecule has 0 radical (unpaired) electrons. The molecule has 24 heavy (non-hydrogen) atoms. The van der Waals surface area contributed by atoms with Crippen LogP contribution in [0.1, 0.15) is 45.1 Å². The first kappa shape index (κ1) is 20.4. The molecule has 0 spiro atoms. The Morgan fingerprint density at radius 3 is 2.46 bits per heavy atom. The molecule has 0 saturated carbocycles. The van der Waals surface area contributed by atoms with Gasteiger partial charge in [0.1, 0.15) is 0 Å². The van der Waals surface area contributed by atoms with Gasteiger partial charge in [-0.1, -0.05) is 26.0 Å². The van der Waals surface area contributed by atoms with E-state index in [1.165, 1.54) is 9.87 Å². The molecule has 0 heterocycles. The van der Waals surface area contributed by atoms with Gasteiger partial charge in [0.05, 0.1) is 5.75 Å². The number of nitrogens with two attached hydrogens (primary N) is 1. The van der Waals surface area contributed by atoms with Crippen LogP contribution in [0.3, 0.4) is 0 Å². The Labute approximate surface area is 146 Å². The summed E-state index contributed by atoms with van der Waals surface area (Å²) in [5, 5.41) is 3.05. The van der Waals surface area contributed by atoms with Gasteiger partial charge in [-0.2, -0.15) is 0 Å². The molecule has 0 amide bonds. The zero-order chi connectivity index (χ0) is 18.2. The maximum absolute atomic E-state index is 11.6. The minimum Gasteiger partial charge on any atom is -0.370 e. The van der Waals surface area contributed by atoms with Crippen molar-refractivity contribution in [2.24, 2.45) is 10.7 Å². The summed E-state index contributed by atoms with van der Waals surface area (Å²) in [6, 6.07) is 8.17. The minimum atomic E-state index is -3.12. The number of guanidine groups is 1. The van der Waals surface area contributed by atoms with Gasteiger partial charge in [-0.15, -0.1) is 0 Å². The third-order valence-electron chi connectivity index (χ3n) is 4.12. The maximum Gasteiger partial charge on any atom is 0.213 e. The predicted octanol–water partition coefficient (Wildman–Crippen LogP) is 2.60. The first-order valence-electron chi connectivity index (χ1n) is 8.41. The number of sulfonamides is 1. The van der Waals surface area contributed by atoms with Crippen molar-refractivity contribution in [1.82, 2.24) is 4.31 Å². The lowest BCUT2D eigenvalue weighted by Crippen LogP contribution is -2.30. The lowest BCUT2D eigenvalue weighted by Gasteiger charge is -2.15. The third-order valence-corrected chi connectivity index (χ3v) is 5.98. The zero-order valence-electron chi connectivity index (χ0n) is 15.1. The largest absolute Gasteiger partial charge is 0.370 e. The van der Waals surface area contributed by atoms with E-state index < -0.39 is 10.0 Å².